The topological polar surface area (TPSA) is 23.5 Å². The quantitative estimate of drug-likeness (QED) is 0.852. The maximum Gasteiger partial charge on any atom is 0.0434 e. The fourth-order valence-corrected chi connectivity index (χ4v) is 6.67. The third-order valence-corrected chi connectivity index (χ3v) is 6.86. The van der Waals surface area contributed by atoms with Crippen LogP contribution < -0.4 is 0 Å². The molecule has 5 aliphatic rings. The lowest BCUT2D eigenvalue weighted by atomic mass is 9.49. The second kappa shape index (κ2) is 5.28. The van der Waals surface area contributed by atoms with Crippen molar-refractivity contribution in [3.63, 3.8) is 0 Å². The smallest absolute Gasteiger partial charge is 0.0434 e. The van der Waals surface area contributed by atoms with Gasteiger partial charge < -0.3 is 10.0 Å². The standard InChI is InChI=1S/C18H31NO/c20-5-3-14-2-1-4-19(12-14)13-18-9-15-6-16(10-18)8-17(7-15)11-18/h14-17,20H,1-13H2. The van der Waals surface area contributed by atoms with Crippen molar-refractivity contribution < 1.29 is 5.11 Å². The maximum atomic E-state index is 9.19. The average molecular weight is 277 g/mol. The molecule has 1 unspecified atom stereocenters. The van der Waals surface area contributed by atoms with E-state index in [0.717, 1.165) is 30.1 Å². The number of likely N-dealkylation sites (tertiary alicyclic amines) is 1. The van der Waals surface area contributed by atoms with Crippen LogP contribution in [0.2, 0.25) is 0 Å². The van der Waals surface area contributed by atoms with Gasteiger partial charge in [0, 0.05) is 19.7 Å². The zero-order valence-electron chi connectivity index (χ0n) is 12.9. The molecular formula is C18H31NO. The molecule has 0 radical (unpaired) electrons. The molecule has 0 aromatic carbocycles. The van der Waals surface area contributed by atoms with Crippen molar-refractivity contribution in [1.82, 2.24) is 4.90 Å². The SMILES string of the molecule is OCCC1CCCN(CC23CC4CC(CC(C4)C2)C3)C1. The summed E-state index contributed by atoms with van der Waals surface area (Å²) in [5, 5.41) is 9.19. The number of hydrogen-bond acceptors (Lipinski definition) is 2. The summed E-state index contributed by atoms with van der Waals surface area (Å²) in [4.78, 5) is 2.77. The Bertz CT molecular complexity index is 316. The first-order chi connectivity index (χ1) is 9.75. The molecule has 5 fully saturated rings. The molecule has 0 aromatic heterocycles. The summed E-state index contributed by atoms with van der Waals surface area (Å²) in [6, 6.07) is 0. The Balaban J connectivity index is 1.41. The largest absolute Gasteiger partial charge is 0.396 e. The minimum Gasteiger partial charge on any atom is -0.396 e. The first-order valence-electron chi connectivity index (χ1n) is 9.08. The van der Waals surface area contributed by atoms with Gasteiger partial charge in [0.25, 0.3) is 0 Å². The molecule has 2 heteroatoms. The average Bonchev–Trinajstić information content (AvgIpc) is 2.37. The molecule has 20 heavy (non-hydrogen) atoms. The molecule has 1 heterocycles. The van der Waals surface area contributed by atoms with E-state index in [2.05, 4.69) is 4.90 Å². The highest BCUT2D eigenvalue weighted by atomic mass is 16.3. The Hall–Kier alpha value is -0.0800. The van der Waals surface area contributed by atoms with Gasteiger partial charge in [0.2, 0.25) is 0 Å². The van der Waals surface area contributed by atoms with E-state index in [1.54, 1.807) is 38.5 Å². The van der Waals surface area contributed by atoms with Crippen LogP contribution in [0.4, 0.5) is 0 Å². The summed E-state index contributed by atoms with van der Waals surface area (Å²) in [5.41, 5.74) is 0.704. The fourth-order valence-electron chi connectivity index (χ4n) is 6.67. The van der Waals surface area contributed by atoms with E-state index in [1.807, 2.05) is 0 Å². The van der Waals surface area contributed by atoms with Crippen LogP contribution in [0.25, 0.3) is 0 Å². The molecule has 1 saturated heterocycles. The summed E-state index contributed by atoms with van der Waals surface area (Å²) < 4.78 is 0. The summed E-state index contributed by atoms with van der Waals surface area (Å²) in [6.45, 7) is 4.36. The highest BCUT2D eigenvalue weighted by Gasteiger charge is 2.51. The molecule has 0 aromatic rings. The summed E-state index contributed by atoms with van der Waals surface area (Å²) in [5.74, 6) is 4.01. The van der Waals surface area contributed by atoms with Crippen LogP contribution >= 0.6 is 0 Å². The van der Waals surface area contributed by atoms with Crippen LogP contribution in [0.3, 0.4) is 0 Å². The van der Waals surface area contributed by atoms with Crippen molar-refractivity contribution in [2.75, 3.05) is 26.2 Å². The predicted molar refractivity (Wildman–Crippen MR) is 81.5 cm³/mol. The lowest BCUT2D eigenvalue weighted by Crippen LogP contribution is -2.52. The molecular weight excluding hydrogens is 246 g/mol. The molecule has 0 spiro atoms. The molecule has 1 aliphatic heterocycles. The van der Waals surface area contributed by atoms with Crippen molar-refractivity contribution >= 4 is 0 Å². The third-order valence-electron chi connectivity index (χ3n) is 6.86. The van der Waals surface area contributed by atoms with E-state index in [4.69, 9.17) is 0 Å². The molecule has 1 atom stereocenters. The van der Waals surface area contributed by atoms with E-state index in [0.29, 0.717) is 12.0 Å². The van der Waals surface area contributed by atoms with Crippen LogP contribution in [-0.4, -0.2) is 36.2 Å². The number of piperidine rings is 1. The maximum absolute atomic E-state index is 9.19. The van der Waals surface area contributed by atoms with Crippen molar-refractivity contribution in [3.8, 4) is 0 Å². The van der Waals surface area contributed by atoms with Gasteiger partial charge in [-0.25, -0.2) is 0 Å². The van der Waals surface area contributed by atoms with Gasteiger partial charge in [0.15, 0.2) is 0 Å². The van der Waals surface area contributed by atoms with Gasteiger partial charge in [-0.05, 0) is 93.4 Å². The van der Waals surface area contributed by atoms with Gasteiger partial charge >= 0.3 is 0 Å². The van der Waals surface area contributed by atoms with Crippen molar-refractivity contribution in [2.45, 2.75) is 57.8 Å². The first kappa shape index (κ1) is 13.6. The summed E-state index contributed by atoms with van der Waals surface area (Å²) >= 11 is 0. The van der Waals surface area contributed by atoms with E-state index < -0.39 is 0 Å². The second-order valence-electron chi connectivity index (χ2n) is 8.67. The molecule has 4 bridgehead atoms. The lowest BCUT2D eigenvalue weighted by Gasteiger charge is -2.58. The van der Waals surface area contributed by atoms with Gasteiger partial charge in [0.1, 0.15) is 0 Å². The number of aliphatic hydroxyl groups is 1. The fraction of sp³-hybridized carbons (Fsp3) is 1.00. The van der Waals surface area contributed by atoms with Gasteiger partial charge in [0.05, 0.1) is 0 Å². The highest BCUT2D eigenvalue weighted by molar-refractivity contribution is 5.02. The van der Waals surface area contributed by atoms with E-state index in [-0.39, 0.29) is 0 Å². The minimum absolute atomic E-state index is 0.385. The van der Waals surface area contributed by atoms with Crippen LogP contribution in [0.1, 0.15) is 57.8 Å². The zero-order chi connectivity index (χ0) is 13.6. The van der Waals surface area contributed by atoms with Crippen molar-refractivity contribution in [2.24, 2.45) is 29.1 Å². The Labute approximate surface area is 123 Å². The van der Waals surface area contributed by atoms with Crippen LogP contribution in [0, 0.1) is 29.1 Å². The van der Waals surface area contributed by atoms with Crippen LogP contribution in [-0.2, 0) is 0 Å². The monoisotopic (exact) mass is 277 g/mol. The zero-order valence-corrected chi connectivity index (χ0v) is 12.9. The van der Waals surface area contributed by atoms with E-state index in [9.17, 15) is 5.11 Å². The first-order valence-corrected chi connectivity index (χ1v) is 9.08. The van der Waals surface area contributed by atoms with Crippen molar-refractivity contribution in [1.29, 1.82) is 0 Å². The normalized spacial score (nSPS) is 47.9. The van der Waals surface area contributed by atoms with Crippen LogP contribution in [0.15, 0.2) is 0 Å². The van der Waals surface area contributed by atoms with E-state index >= 15 is 0 Å². The van der Waals surface area contributed by atoms with Gasteiger partial charge in [-0.15, -0.1) is 0 Å². The Kier molecular flexibility index (Phi) is 3.58. The van der Waals surface area contributed by atoms with Gasteiger partial charge in [-0.2, -0.15) is 0 Å². The molecule has 1 N–H and O–H groups in total. The van der Waals surface area contributed by atoms with E-state index in [1.165, 1.54) is 32.5 Å². The number of aliphatic hydroxyl groups excluding tert-OH is 1. The lowest BCUT2D eigenvalue weighted by molar-refractivity contribution is -0.0736. The minimum atomic E-state index is 0.385. The molecule has 2 nitrogen and oxygen atoms in total. The predicted octanol–water partition coefficient (Wildman–Crippen LogP) is 3.30. The molecule has 114 valence electrons. The third kappa shape index (κ3) is 2.54. The van der Waals surface area contributed by atoms with Crippen LogP contribution in [0.5, 0.6) is 0 Å². The van der Waals surface area contributed by atoms with Gasteiger partial charge in [-0.1, -0.05) is 0 Å². The molecule has 4 saturated carbocycles. The molecule has 0 amide bonds. The highest BCUT2D eigenvalue weighted by Crippen LogP contribution is 2.60. The number of nitrogens with zero attached hydrogens (tertiary/aromatic N) is 1. The van der Waals surface area contributed by atoms with Gasteiger partial charge in [-0.3, -0.25) is 0 Å². The molecule has 4 aliphatic carbocycles. The summed E-state index contributed by atoms with van der Waals surface area (Å²) in [6.07, 6.45) is 13.0. The summed E-state index contributed by atoms with van der Waals surface area (Å²) in [7, 11) is 0. The number of hydrogen-bond donors (Lipinski definition) is 1. The van der Waals surface area contributed by atoms with Crippen molar-refractivity contribution in [3.05, 3.63) is 0 Å². The Morgan fingerprint density at radius 2 is 1.65 bits per heavy atom. The Morgan fingerprint density at radius 3 is 2.25 bits per heavy atom. The molecule has 5 rings (SSSR count). The second-order valence-corrected chi connectivity index (χ2v) is 8.67. The number of rotatable bonds is 4. The Morgan fingerprint density at radius 1 is 1.00 bits per heavy atom.